The Kier molecular flexibility index (Phi) is 13.6. The van der Waals surface area contributed by atoms with E-state index in [0.29, 0.717) is 57.0 Å². The van der Waals surface area contributed by atoms with Gasteiger partial charge in [-0.1, -0.05) is 72.8 Å². The van der Waals surface area contributed by atoms with Gasteiger partial charge in [0.25, 0.3) is 0 Å². The zero-order valence-corrected chi connectivity index (χ0v) is 31.7. The number of carbonyl (C=O) groups is 3. The minimum Gasteiger partial charge on any atom is -0.488 e. The molecule has 282 valence electrons. The lowest BCUT2D eigenvalue weighted by molar-refractivity contribution is -0.148. The predicted octanol–water partition coefficient (Wildman–Crippen LogP) is 6.87. The van der Waals surface area contributed by atoms with Gasteiger partial charge in [-0.05, 0) is 93.6 Å². The molecule has 53 heavy (non-hydrogen) atoms. The minimum absolute atomic E-state index is 0.162. The molecule has 4 aromatic rings. The third-order valence-electron chi connectivity index (χ3n) is 9.23. The molecular weight excluding hydrogens is 668 g/mol. The normalized spacial score (nSPS) is 14.2. The molecular formula is C43H54N4O6. The molecule has 0 saturated heterocycles. The van der Waals surface area contributed by atoms with Crippen LogP contribution in [0.5, 0.6) is 5.75 Å². The molecule has 5 rings (SSSR count). The van der Waals surface area contributed by atoms with Crippen molar-refractivity contribution in [2.45, 2.75) is 78.5 Å². The van der Waals surface area contributed by atoms with Gasteiger partial charge in [-0.25, -0.2) is 4.79 Å². The van der Waals surface area contributed by atoms with Crippen LogP contribution in [0.1, 0.15) is 68.9 Å². The SMILES string of the molecule is CCOC(CN(Cc1cccc2ccccc12)CC(NC(=O)C1(CNC(=O)NCc2ccccc2)CC1)C(=O)c1ccc(OC(C)(C)C)cc1)OCC. The molecule has 0 heterocycles. The van der Waals surface area contributed by atoms with Crippen LogP contribution in [0.2, 0.25) is 0 Å². The summed E-state index contributed by atoms with van der Waals surface area (Å²) in [4.78, 5) is 43.4. The molecule has 10 heteroatoms. The number of hydrogen-bond donors (Lipinski definition) is 3. The molecule has 1 saturated carbocycles. The number of amides is 3. The van der Waals surface area contributed by atoms with Gasteiger partial charge in [0.15, 0.2) is 12.1 Å². The van der Waals surface area contributed by atoms with E-state index in [1.54, 1.807) is 24.3 Å². The van der Waals surface area contributed by atoms with Crippen LogP contribution in [0.15, 0.2) is 97.1 Å². The molecule has 3 N–H and O–H groups in total. The first kappa shape index (κ1) is 39.4. The maximum absolute atomic E-state index is 14.4. The molecule has 1 unspecified atom stereocenters. The summed E-state index contributed by atoms with van der Waals surface area (Å²) < 4.78 is 17.9. The number of rotatable bonds is 19. The van der Waals surface area contributed by atoms with Crippen molar-refractivity contribution in [3.63, 3.8) is 0 Å². The summed E-state index contributed by atoms with van der Waals surface area (Å²) in [6.45, 7) is 12.3. The summed E-state index contributed by atoms with van der Waals surface area (Å²) in [7, 11) is 0. The van der Waals surface area contributed by atoms with Crippen LogP contribution in [0.3, 0.4) is 0 Å². The average Bonchev–Trinajstić information content (AvgIpc) is 3.94. The molecule has 1 fully saturated rings. The summed E-state index contributed by atoms with van der Waals surface area (Å²) >= 11 is 0. The highest BCUT2D eigenvalue weighted by molar-refractivity contribution is 6.03. The number of nitrogens with one attached hydrogen (secondary N) is 3. The Morgan fingerprint density at radius 1 is 0.792 bits per heavy atom. The van der Waals surface area contributed by atoms with E-state index in [1.807, 2.05) is 83.1 Å². The molecule has 3 amide bonds. The third kappa shape index (κ3) is 11.6. The van der Waals surface area contributed by atoms with E-state index in [2.05, 4.69) is 45.1 Å². The van der Waals surface area contributed by atoms with Crippen LogP contribution >= 0.6 is 0 Å². The maximum atomic E-state index is 14.4. The Hall–Kier alpha value is -4.77. The van der Waals surface area contributed by atoms with E-state index >= 15 is 0 Å². The smallest absolute Gasteiger partial charge is 0.315 e. The molecule has 0 spiro atoms. The highest BCUT2D eigenvalue weighted by Crippen LogP contribution is 2.45. The van der Waals surface area contributed by atoms with Gasteiger partial charge >= 0.3 is 6.03 Å². The van der Waals surface area contributed by atoms with E-state index in [9.17, 15) is 14.4 Å². The lowest BCUT2D eigenvalue weighted by Crippen LogP contribution is -2.53. The molecule has 0 aromatic heterocycles. The van der Waals surface area contributed by atoms with E-state index < -0.39 is 23.3 Å². The van der Waals surface area contributed by atoms with Crippen LogP contribution in [-0.2, 0) is 27.4 Å². The summed E-state index contributed by atoms with van der Waals surface area (Å²) in [5, 5.41) is 11.1. The van der Waals surface area contributed by atoms with Crippen LogP contribution < -0.4 is 20.7 Å². The number of ether oxygens (including phenoxy) is 3. The molecule has 10 nitrogen and oxygen atoms in total. The highest BCUT2D eigenvalue weighted by atomic mass is 16.7. The first-order chi connectivity index (χ1) is 25.5. The largest absolute Gasteiger partial charge is 0.488 e. The van der Waals surface area contributed by atoms with Crippen molar-refractivity contribution in [2.24, 2.45) is 5.41 Å². The molecule has 1 aliphatic carbocycles. The van der Waals surface area contributed by atoms with Crippen molar-refractivity contribution >= 4 is 28.5 Å². The Labute approximate surface area is 313 Å². The van der Waals surface area contributed by atoms with Crippen LogP contribution in [0, 0.1) is 5.41 Å². The van der Waals surface area contributed by atoms with Crippen molar-refractivity contribution < 1.29 is 28.6 Å². The number of carbonyl (C=O) groups excluding carboxylic acids is 3. The number of hydrogen-bond acceptors (Lipinski definition) is 7. The lowest BCUT2D eigenvalue weighted by atomic mass is 9.99. The van der Waals surface area contributed by atoms with Gasteiger partial charge in [0.1, 0.15) is 17.4 Å². The van der Waals surface area contributed by atoms with Crippen molar-refractivity contribution in [2.75, 3.05) is 32.8 Å². The number of urea groups is 1. The molecule has 4 aromatic carbocycles. The van der Waals surface area contributed by atoms with E-state index in [-0.39, 0.29) is 30.8 Å². The summed E-state index contributed by atoms with van der Waals surface area (Å²) in [6.07, 6.45) is 0.677. The minimum atomic E-state index is -0.903. The van der Waals surface area contributed by atoms with Crippen molar-refractivity contribution in [3.05, 3.63) is 114 Å². The molecule has 0 bridgehead atoms. The second-order valence-electron chi connectivity index (χ2n) is 14.6. The lowest BCUT2D eigenvalue weighted by Gasteiger charge is -2.31. The van der Waals surface area contributed by atoms with Gasteiger partial charge in [-0.2, -0.15) is 0 Å². The number of nitrogens with zero attached hydrogens (tertiary/aromatic N) is 1. The quantitative estimate of drug-likeness (QED) is 0.0715. The van der Waals surface area contributed by atoms with Crippen molar-refractivity contribution in [3.8, 4) is 5.75 Å². The first-order valence-electron chi connectivity index (χ1n) is 18.6. The predicted molar refractivity (Wildman–Crippen MR) is 208 cm³/mol. The summed E-state index contributed by atoms with van der Waals surface area (Å²) in [5.74, 6) is 0.164. The molecule has 1 aliphatic rings. The first-order valence-corrected chi connectivity index (χ1v) is 18.6. The Morgan fingerprint density at radius 2 is 1.45 bits per heavy atom. The molecule has 1 atom stereocenters. The fourth-order valence-electron chi connectivity index (χ4n) is 6.34. The van der Waals surface area contributed by atoms with Gasteiger partial charge < -0.3 is 30.2 Å². The van der Waals surface area contributed by atoms with E-state index in [1.165, 1.54) is 0 Å². The standard InChI is InChI=1S/C43H54N4O6/c1-6-51-38(52-7-2)29-47(27-34-18-13-17-32-16-11-12-19-36(32)34)28-37(39(48)33-20-22-35(23-21-33)53-42(3,4)5)46-40(49)43(24-25-43)30-45-41(50)44-26-31-14-9-8-10-15-31/h8-23,37-38H,6-7,24-30H2,1-5H3,(H,46,49)(H2,44,45,50). The Morgan fingerprint density at radius 3 is 2.11 bits per heavy atom. The molecule has 0 radical (unpaired) electrons. The number of Topliss-reactive ketones (excluding diaryl/α,β-unsaturated/α-hetero) is 1. The van der Waals surface area contributed by atoms with Crippen LogP contribution in [0.4, 0.5) is 4.79 Å². The van der Waals surface area contributed by atoms with E-state index in [0.717, 1.165) is 21.9 Å². The van der Waals surface area contributed by atoms with Gasteiger partial charge in [0.05, 0.1) is 5.41 Å². The van der Waals surface area contributed by atoms with E-state index in [4.69, 9.17) is 14.2 Å². The average molecular weight is 723 g/mol. The van der Waals surface area contributed by atoms with Gasteiger partial charge in [0.2, 0.25) is 5.91 Å². The maximum Gasteiger partial charge on any atom is 0.315 e. The second-order valence-corrected chi connectivity index (χ2v) is 14.6. The topological polar surface area (TPSA) is 118 Å². The van der Waals surface area contributed by atoms with Crippen molar-refractivity contribution in [1.82, 2.24) is 20.9 Å². The van der Waals surface area contributed by atoms with Crippen molar-refractivity contribution in [1.29, 1.82) is 0 Å². The van der Waals surface area contributed by atoms with Crippen LogP contribution in [-0.4, -0.2) is 73.4 Å². The highest BCUT2D eigenvalue weighted by Gasteiger charge is 2.50. The Bertz CT molecular complexity index is 1790. The molecule has 0 aliphatic heterocycles. The zero-order chi connectivity index (χ0) is 37.8. The third-order valence-corrected chi connectivity index (χ3v) is 9.23. The monoisotopic (exact) mass is 722 g/mol. The van der Waals surface area contributed by atoms with Gasteiger partial charge in [-0.15, -0.1) is 0 Å². The summed E-state index contributed by atoms with van der Waals surface area (Å²) in [6, 6.07) is 29.8. The zero-order valence-electron chi connectivity index (χ0n) is 31.7. The number of benzene rings is 4. The summed E-state index contributed by atoms with van der Waals surface area (Å²) in [5.41, 5.74) is 1.32. The Balaban J connectivity index is 1.38. The number of ketones is 1. The fourth-order valence-corrected chi connectivity index (χ4v) is 6.34. The second kappa shape index (κ2) is 18.3. The fraction of sp³-hybridized carbons (Fsp3) is 0.419. The number of fused-ring (bicyclic) bond motifs is 1. The van der Waals surface area contributed by atoms with Gasteiger partial charge in [-0.3, -0.25) is 14.5 Å². The van der Waals surface area contributed by atoms with Crippen LogP contribution in [0.25, 0.3) is 10.8 Å². The van der Waals surface area contributed by atoms with Gasteiger partial charge in [0, 0.05) is 51.5 Å².